The number of nitrogen functional groups attached to an aromatic ring is 1. The molecule has 118 valence electrons. The smallest absolute Gasteiger partial charge is 0.265 e. The number of hydrogen-bond donors (Lipinski definition) is 2. The number of amides is 1. The van der Waals surface area contributed by atoms with Gasteiger partial charge in [0.15, 0.2) is 5.75 Å². The molecule has 0 unspecified atom stereocenters. The number of anilines is 2. The number of hydrogen-bond acceptors (Lipinski definition) is 5. The van der Waals surface area contributed by atoms with Crippen LogP contribution in [0.4, 0.5) is 10.7 Å². The van der Waals surface area contributed by atoms with Gasteiger partial charge in [0.1, 0.15) is 15.6 Å². The Balaban J connectivity index is 2.31. The van der Waals surface area contributed by atoms with Crippen LogP contribution in [0, 0.1) is 0 Å². The van der Waals surface area contributed by atoms with Crippen molar-refractivity contribution >= 4 is 27.9 Å². The summed E-state index contributed by atoms with van der Waals surface area (Å²) in [6.45, 7) is 3.92. The van der Waals surface area contributed by atoms with Gasteiger partial charge in [-0.2, -0.15) is 0 Å². The first kappa shape index (κ1) is 15.9. The molecular weight excluding hydrogens is 286 g/mol. The first-order valence-corrected chi connectivity index (χ1v) is 8.29. The van der Waals surface area contributed by atoms with Crippen LogP contribution in [0.1, 0.15) is 49.2 Å². The molecule has 1 saturated carbocycles. The largest absolute Gasteiger partial charge is 0.486 e. The molecule has 1 fully saturated rings. The van der Waals surface area contributed by atoms with E-state index in [0.29, 0.717) is 22.4 Å². The van der Waals surface area contributed by atoms with Crippen LogP contribution in [0.2, 0.25) is 0 Å². The zero-order valence-electron chi connectivity index (χ0n) is 13.2. The fourth-order valence-electron chi connectivity index (χ4n) is 2.49. The van der Waals surface area contributed by atoms with Crippen LogP contribution in [-0.4, -0.2) is 37.0 Å². The molecule has 0 radical (unpaired) electrons. The fourth-order valence-corrected chi connectivity index (χ4v) is 3.65. The molecule has 0 aliphatic heterocycles. The minimum absolute atomic E-state index is 0.0216. The number of nitrogens with two attached hydrogens (primary N) is 1. The number of carbonyl (C=O) groups is 1. The van der Waals surface area contributed by atoms with Crippen LogP contribution in [0.3, 0.4) is 0 Å². The summed E-state index contributed by atoms with van der Waals surface area (Å²) in [7, 11) is 3.46. The van der Waals surface area contributed by atoms with Crippen LogP contribution < -0.4 is 15.8 Å². The summed E-state index contributed by atoms with van der Waals surface area (Å²) in [5.41, 5.74) is 6.62. The third-order valence-electron chi connectivity index (χ3n) is 3.54. The fraction of sp³-hybridized carbons (Fsp3) is 0.667. The van der Waals surface area contributed by atoms with Gasteiger partial charge in [0, 0.05) is 20.1 Å². The summed E-state index contributed by atoms with van der Waals surface area (Å²) in [6.07, 6.45) is 4.85. The maximum absolute atomic E-state index is 12.2. The van der Waals surface area contributed by atoms with E-state index in [9.17, 15) is 4.79 Å². The first-order chi connectivity index (χ1) is 9.90. The van der Waals surface area contributed by atoms with Crippen molar-refractivity contribution in [3.8, 4) is 5.75 Å². The minimum atomic E-state index is -0.0782. The molecule has 1 heterocycles. The predicted octanol–water partition coefficient (Wildman–Crippen LogP) is 3.17. The van der Waals surface area contributed by atoms with Crippen molar-refractivity contribution in [1.29, 1.82) is 0 Å². The van der Waals surface area contributed by atoms with Crippen LogP contribution in [-0.2, 0) is 0 Å². The summed E-state index contributed by atoms with van der Waals surface area (Å²) in [5.74, 6) is 0.553. The maximum atomic E-state index is 12.2. The van der Waals surface area contributed by atoms with E-state index in [1.54, 1.807) is 19.0 Å². The molecule has 1 aromatic heterocycles. The highest BCUT2D eigenvalue weighted by Gasteiger charge is 2.26. The van der Waals surface area contributed by atoms with E-state index in [1.165, 1.54) is 24.2 Å². The summed E-state index contributed by atoms with van der Waals surface area (Å²) in [6, 6.07) is 0.458. The second kappa shape index (κ2) is 6.56. The quantitative estimate of drug-likeness (QED) is 0.876. The Labute approximate surface area is 130 Å². The Morgan fingerprint density at radius 1 is 1.38 bits per heavy atom. The van der Waals surface area contributed by atoms with Crippen molar-refractivity contribution in [2.24, 2.45) is 0 Å². The van der Waals surface area contributed by atoms with Crippen molar-refractivity contribution in [1.82, 2.24) is 4.90 Å². The van der Waals surface area contributed by atoms with Crippen LogP contribution in [0.5, 0.6) is 5.75 Å². The van der Waals surface area contributed by atoms with E-state index in [2.05, 4.69) is 5.32 Å². The first-order valence-electron chi connectivity index (χ1n) is 7.47. The zero-order chi connectivity index (χ0) is 15.6. The van der Waals surface area contributed by atoms with Crippen LogP contribution in [0.25, 0.3) is 0 Å². The van der Waals surface area contributed by atoms with E-state index >= 15 is 0 Å². The molecule has 6 heteroatoms. The standard InChI is InChI=1S/C15H25N3O2S/c1-9(2)20-12-11(16)13(15(19)18(3)4)21-14(12)17-10-7-5-6-8-10/h9-10,17H,5-8,16H2,1-4H3. The number of rotatable bonds is 5. The van der Waals surface area contributed by atoms with Gasteiger partial charge < -0.3 is 20.7 Å². The monoisotopic (exact) mass is 311 g/mol. The predicted molar refractivity (Wildman–Crippen MR) is 88.4 cm³/mol. The average molecular weight is 311 g/mol. The van der Waals surface area contributed by atoms with Gasteiger partial charge in [-0.05, 0) is 26.7 Å². The summed E-state index contributed by atoms with van der Waals surface area (Å²) < 4.78 is 5.85. The van der Waals surface area contributed by atoms with Gasteiger partial charge in [0.2, 0.25) is 0 Å². The number of ether oxygens (including phenoxy) is 1. The van der Waals surface area contributed by atoms with Crippen molar-refractivity contribution in [3.63, 3.8) is 0 Å². The SMILES string of the molecule is CC(C)Oc1c(NC2CCCC2)sc(C(=O)N(C)C)c1N. The third kappa shape index (κ3) is 3.61. The van der Waals surface area contributed by atoms with Gasteiger partial charge in [-0.1, -0.05) is 12.8 Å². The van der Waals surface area contributed by atoms with Gasteiger partial charge in [-0.15, -0.1) is 11.3 Å². The van der Waals surface area contributed by atoms with Crippen LogP contribution in [0.15, 0.2) is 0 Å². The van der Waals surface area contributed by atoms with Crippen molar-refractivity contribution in [2.45, 2.75) is 51.7 Å². The van der Waals surface area contributed by atoms with E-state index < -0.39 is 0 Å². The summed E-state index contributed by atoms with van der Waals surface area (Å²) in [4.78, 5) is 14.3. The Bertz CT molecular complexity index is 505. The lowest BCUT2D eigenvalue weighted by atomic mass is 10.2. The number of carbonyl (C=O) groups excluding carboxylic acids is 1. The molecule has 0 saturated heterocycles. The highest BCUT2D eigenvalue weighted by Crippen LogP contribution is 2.44. The zero-order valence-corrected chi connectivity index (χ0v) is 14.0. The Kier molecular flexibility index (Phi) is 4.98. The van der Waals surface area contributed by atoms with Crippen molar-refractivity contribution in [3.05, 3.63) is 4.88 Å². The topological polar surface area (TPSA) is 67.6 Å². The molecule has 2 rings (SSSR count). The molecule has 0 atom stereocenters. The minimum Gasteiger partial charge on any atom is -0.486 e. The third-order valence-corrected chi connectivity index (χ3v) is 4.65. The number of thiophene rings is 1. The molecule has 1 aromatic rings. The van der Waals surface area contributed by atoms with Crippen LogP contribution >= 0.6 is 11.3 Å². The number of nitrogens with zero attached hydrogens (tertiary/aromatic N) is 1. The maximum Gasteiger partial charge on any atom is 0.265 e. The van der Waals surface area contributed by atoms with Gasteiger partial charge in [0.25, 0.3) is 5.91 Å². The molecule has 1 aliphatic carbocycles. The van der Waals surface area contributed by atoms with Gasteiger partial charge in [-0.3, -0.25) is 4.79 Å². The molecular formula is C15H25N3O2S. The van der Waals surface area contributed by atoms with E-state index in [0.717, 1.165) is 17.8 Å². The Morgan fingerprint density at radius 2 is 2.00 bits per heavy atom. The molecule has 1 amide bonds. The van der Waals surface area contributed by atoms with E-state index in [1.807, 2.05) is 13.8 Å². The lowest BCUT2D eigenvalue weighted by molar-refractivity contribution is 0.0833. The van der Waals surface area contributed by atoms with Gasteiger partial charge >= 0.3 is 0 Å². The highest BCUT2D eigenvalue weighted by molar-refractivity contribution is 7.19. The molecule has 21 heavy (non-hydrogen) atoms. The second-order valence-corrected chi connectivity index (χ2v) is 7.02. The van der Waals surface area contributed by atoms with Gasteiger partial charge in [0.05, 0.1) is 6.10 Å². The normalized spacial score (nSPS) is 15.5. The van der Waals surface area contributed by atoms with E-state index in [-0.39, 0.29) is 12.0 Å². The molecule has 5 nitrogen and oxygen atoms in total. The molecule has 0 aromatic carbocycles. The highest BCUT2D eigenvalue weighted by atomic mass is 32.1. The Morgan fingerprint density at radius 3 is 2.52 bits per heavy atom. The average Bonchev–Trinajstić information content (AvgIpc) is 3.00. The van der Waals surface area contributed by atoms with Crippen molar-refractivity contribution in [2.75, 3.05) is 25.1 Å². The van der Waals surface area contributed by atoms with Gasteiger partial charge in [-0.25, -0.2) is 0 Å². The molecule has 0 spiro atoms. The molecule has 1 aliphatic rings. The lowest BCUT2D eigenvalue weighted by Crippen LogP contribution is -2.21. The lowest BCUT2D eigenvalue weighted by Gasteiger charge is -2.16. The summed E-state index contributed by atoms with van der Waals surface area (Å²) in [5, 5.41) is 4.40. The van der Waals surface area contributed by atoms with E-state index in [4.69, 9.17) is 10.5 Å². The van der Waals surface area contributed by atoms with Crippen molar-refractivity contribution < 1.29 is 9.53 Å². The Hall–Kier alpha value is -1.43. The molecule has 3 N–H and O–H groups in total. The summed E-state index contributed by atoms with van der Waals surface area (Å²) >= 11 is 1.40. The second-order valence-electron chi connectivity index (χ2n) is 6.00. The molecule has 0 bridgehead atoms. The number of nitrogens with one attached hydrogen (secondary N) is 1.